The van der Waals surface area contributed by atoms with Crippen molar-refractivity contribution in [1.82, 2.24) is 0 Å². The van der Waals surface area contributed by atoms with Crippen LogP contribution in [-0.2, 0) is 0 Å². The van der Waals surface area contributed by atoms with Crippen LogP contribution in [0.4, 0.5) is 0 Å². The van der Waals surface area contributed by atoms with Gasteiger partial charge in [0.1, 0.15) is 0 Å². The first kappa shape index (κ1) is 12.1. The van der Waals surface area contributed by atoms with Crippen molar-refractivity contribution >= 4 is 6.08 Å². The normalized spacial score (nSPS) is 27.0. The van der Waals surface area contributed by atoms with Crippen molar-refractivity contribution in [1.29, 1.82) is 0 Å². The average Bonchev–Trinajstić information content (AvgIpc) is 2.34. The third-order valence-corrected chi connectivity index (χ3v) is 3.51. The Hall–Kier alpha value is -1.34. The predicted octanol–water partition coefficient (Wildman–Crippen LogP) is 3.95. The SMILES string of the molecule is C=CC[C@@]1(O)CCCC/C1=C\c1ccccc1. The van der Waals surface area contributed by atoms with Gasteiger partial charge in [-0.3, -0.25) is 0 Å². The van der Waals surface area contributed by atoms with Crippen LogP contribution in [-0.4, -0.2) is 10.7 Å². The highest BCUT2D eigenvalue weighted by Gasteiger charge is 2.32. The van der Waals surface area contributed by atoms with Gasteiger partial charge < -0.3 is 5.11 Å². The minimum Gasteiger partial charge on any atom is -0.385 e. The van der Waals surface area contributed by atoms with Crippen molar-refractivity contribution in [3.63, 3.8) is 0 Å². The summed E-state index contributed by atoms with van der Waals surface area (Å²) in [5, 5.41) is 10.7. The largest absolute Gasteiger partial charge is 0.385 e. The number of hydrogen-bond donors (Lipinski definition) is 1. The molecule has 1 atom stereocenters. The van der Waals surface area contributed by atoms with Gasteiger partial charge in [-0.05, 0) is 43.2 Å². The van der Waals surface area contributed by atoms with Gasteiger partial charge in [0.15, 0.2) is 0 Å². The van der Waals surface area contributed by atoms with E-state index in [-0.39, 0.29) is 0 Å². The highest BCUT2D eigenvalue weighted by Crippen LogP contribution is 2.37. The molecule has 0 aromatic heterocycles. The fourth-order valence-corrected chi connectivity index (χ4v) is 2.56. The summed E-state index contributed by atoms with van der Waals surface area (Å²) < 4.78 is 0. The Morgan fingerprint density at radius 1 is 1.24 bits per heavy atom. The molecule has 90 valence electrons. The van der Waals surface area contributed by atoms with E-state index in [1.165, 1.54) is 12.0 Å². The first-order valence-corrected chi connectivity index (χ1v) is 6.34. The van der Waals surface area contributed by atoms with Crippen LogP contribution in [0, 0.1) is 0 Å². The molecular weight excluding hydrogens is 208 g/mol. The molecule has 0 heterocycles. The standard InChI is InChI=1S/C16H20O/c1-2-11-16(17)12-7-6-10-15(16)13-14-8-4-3-5-9-14/h2-5,8-9,13,17H,1,6-7,10-12H2/b15-13+/t16-/m1/s1. The fourth-order valence-electron chi connectivity index (χ4n) is 2.56. The van der Waals surface area contributed by atoms with Crippen molar-refractivity contribution in [3.8, 4) is 0 Å². The molecule has 0 bridgehead atoms. The molecule has 0 saturated heterocycles. The van der Waals surface area contributed by atoms with Crippen LogP contribution < -0.4 is 0 Å². The molecule has 1 nitrogen and oxygen atoms in total. The Bertz CT molecular complexity index is 405. The van der Waals surface area contributed by atoms with Crippen molar-refractivity contribution in [2.24, 2.45) is 0 Å². The Morgan fingerprint density at radius 2 is 2.00 bits per heavy atom. The highest BCUT2D eigenvalue weighted by molar-refractivity contribution is 5.55. The molecule has 0 amide bonds. The smallest absolute Gasteiger partial charge is 0.0894 e. The number of aliphatic hydroxyl groups is 1. The Morgan fingerprint density at radius 3 is 2.71 bits per heavy atom. The molecule has 1 fully saturated rings. The molecule has 1 aromatic carbocycles. The maximum absolute atomic E-state index is 10.7. The van der Waals surface area contributed by atoms with Crippen LogP contribution in [0.5, 0.6) is 0 Å². The maximum atomic E-state index is 10.7. The Kier molecular flexibility index (Phi) is 3.80. The van der Waals surface area contributed by atoms with E-state index in [1.54, 1.807) is 0 Å². The molecule has 2 rings (SSSR count). The monoisotopic (exact) mass is 228 g/mol. The molecule has 1 aromatic rings. The van der Waals surface area contributed by atoms with E-state index in [2.05, 4.69) is 24.8 Å². The zero-order valence-electron chi connectivity index (χ0n) is 10.2. The van der Waals surface area contributed by atoms with Crippen molar-refractivity contribution < 1.29 is 5.11 Å². The maximum Gasteiger partial charge on any atom is 0.0894 e. The lowest BCUT2D eigenvalue weighted by molar-refractivity contribution is 0.0559. The van der Waals surface area contributed by atoms with Crippen LogP contribution in [0.2, 0.25) is 0 Å². The minimum atomic E-state index is -0.657. The van der Waals surface area contributed by atoms with E-state index in [0.717, 1.165) is 24.8 Å². The first-order valence-electron chi connectivity index (χ1n) is 6.34. The molecule has 1 N–H and O–H groups in total. The lowest BCUT2D eigenvalue weighted by atomic mass is 9.77. The summed E-state index contributed by atoms with van der Waals surface area (Å²) in [4.78, 5) is 0. The molecule has 1 aliphatic rings. The number of rotatable bonds is 3. The summed E-state index contributed by atoms with van der Waals surface area (Å²) in [5.74, 6) is 0. The molecule has 1 saturated carbocycles. The van der Waals surface area contributed by atoms with Crippen molar-refractivity contribution in [2.75, 3.05) is 0 Å². The van der Waals surface area contributed by atoms with E-state index >= 15 is 0 Å². The van der Waals surface area contributed by atoms with Gasteiger partial charge in [-0.1, -0.05) is 42.5 Å². The Labute approximate surface area is 103 Å². The zero-order valence-corrected chi connectivity index (χ0v) is 10.2. The highest BCUT2D eigenvalue weighted by atomic mass is 16.3. The minimum absolute atomic E-state index is 0.657. The summed E-state index contributed by atoms with van der Waals surface area (Å²) in [5.41, 5.74) is 1.68. The molecule has 0 radical (unpaired) electrons. The zero-order chi connectivity index (χ0) is 12.1. The third-order valence-electron chi connectivity index (χ3n) is 3.51. The van der Waals surface area contributed by atoms with Gasteiger partial charge >= 0.3 is 0 Å². The van der Waals surface area contributed by atoms with Crippen molar-refractivity contribution in [3.05, 3.63) is 54.1 Å². The van der Waals surface area contributed by atoms with Gasteiger partial charge in [-0.2, -0.15) is 0 Å². The van der Waals surface area contributed by atoms with Gasteiger partial charge in [0.05, 0.1) is 5.60 Å². The second-order valence-electron chi connectivity index (χ2n) is 4.81. The van der Waals surface area contributed by atoms with Crippen LogP contribution in [0.3, 0.4) is 0 Å². The third kappa shape index (κ3) is 2.86. The first-order chi connectivity index (χ1) is 8.24. The van der Waals surface area contributed by atoms with Crippen molar-refractivity contribution in [2.45, 2.75) is 37.7 Å². The van der Waals surface area contributed by atoms with Crippen LogP contribution in [0.15, 0.2) is 48.6 Å². The molecule has 0 unspecified atom stereocenters. The fraction of sp³-hybridized carbons (Fsp3) is 0.375. The van der Waals surface area contributed by atoms with E-state index in [1.807, 2.05) is 24.3 Å². The molecule has 0 aliphatic heterocycles. The summed E-state index contributed by atoms with van der Waals surface area (Å²) in [7, 11) is 0. The number of hydrogen-bond acceptors (Lipinski definition) is 1. The predicted molar refractivity (Wildman–Crippen MR) is 72.7 cm³/mol. The quantitative estimate of drug-likeness (QED) is 0.777. The summed E-state index contributed by atoms with van der Waals surface area (Å²) in [6.45, 7) is 3.75. The average molecular weight is 228 g/mol. The van der Waals surface area contributed by atoms with Gasteiger partial charge in [0.25, 0.3) is 0 Å². The summed E-state index contributed by atoms with van der Waals surface area (Å²) in [6.07, 6.45) is 8.77. The van der Waals surface area contributed by atoms with E-state index in [0.29, 0.717) is 6.42 Å². The number of benzene rings is 1. The van der Waals surface area contributed by atoms with E-state index < -0.39 is 5.60 Å². The topological polar surface area (TPSA) is 20.2 Å². The molecule has 17 heavy (non-hydrogen) atoms. The van der Waals surface area contributed by atoms with Crippen LogP contribution in [0.1, 0.15) is 37.7 Å². The molecule has 1 heteroatoms. The lowest BCUT2D eigenvalue weighted by Crippen LogP contribution is -2.33. The summed E-state index contributed by atoms with van der Waals surface area (Å²) in [6, 6.07) is 10.2. The van der Waals surface area contributed by atoms with E-state index in [9.17, 15) is 5.11 Å². The van der Waals surface area contributed by atoms with Gasteiger partial charge in [-0.25, -0.2) is 0 Å². The second-order valence-corrected chi connectivity index (χ2v) is 4.81. The van der Waals surface area contributed by atoms with Gasteiger partial charge in [0.2, 0.25) is 0 Å². The molecule has 0 spiro atoms. The lowest BCUT2D eigenvalue weighted by Gasteiger charge is -2.34. The van der Waals surface area contributed by atoms with Gasteiger partial charge in [-0.15, -0.1) is 6.58 Å². The van der Waals surface area contributed by atoms with Gasteiger partial charge in [0, 0.05) is 0 Å². The molecule has 1 aliphatic carbocycles. The van der Waals surface area contributed by atoms with E-state index in [4.69, 9.17) is 0 Å². The van der Waals surface area contributed by atoms with Crippen LogP contribution >= 0.6 is 0 Å². The second kappa shape index (κ2) is 5.33. The van der Waals surface area contributed by atoms with Crippen LogP contribution in [0.25, 0.3) is 6.08 Å². The molecular formula is C16H20O. The Balaban J connectivity index is 2.28. The summed E-state index contributed by atoms with van der Waals surface area (Å²) >= 11 is 0.